The molecule has 35 heavy (non-hydrogen) atoms. The third-order valence-corrected chi connectivity index (χ3v) is 6.44. The average Bonchev–Trinajstić information content (AvgIpc) is 2.84. The highest BCUT2D eigenvalue weighted by Gasteiger charge is 2.28. The molecule has 0 unspecified atom stereocenters. The Morgan fingerprint density at radius 3 is 2.46 bits per heavy atom. The molecule has 3 atom stereocenters. The number of nitrogens with one attached hydrogen (secondary N) is 1. The summed E-state index contributed by atoms with van der Waals surface area (Å²) in [6.45, 7) is 8.09. The SMILES string of the molecule is COc1ccc(CN2C[C@H](C)[C@@H](OC)CN(C)C(=O)c3cc(NC(C)=O)ccc3OC[C@@H]2C)cc1. The molecule has 1 N–H and O–H groups in total. The van der Waals surface area contributed by atoms with Gasteiger partial charge < -0.3 is 24.4 Å². The Morgan fingerprint density at radius 1 is 1.11 bits per heavy atom. The maximum atomic E-state index is 13.4. The van der Waals surface area contributed by atoms with Crippen molar-refractivity contribution in [2.45, 2.75) is 39.5 Å². The number of carbonyl (C=O) groups excluding carboxylic acids is 2. The van der Waals surface area contributed by atoms with Crippen LogP contribution in [0.3, 0.4) is 0 Å². The summed E-state index contributed by atoms with van der Waals surface area (Å²) in [5, 5.41) is 2.75. The molecule has 0 aromatic heterocycles. The van der Waals surface area contributed by atoms with Gasteiger partial charge in [-0.2, -0.15) is 0 Å². The monoisotopic (exact) mass is 483 g/mol. The van der Waals surface area contributed by atoms with Gasteiger partial charge in [-0.05, 0) is 48.7 Å². The lowest BCUT2D eigenvalue weighted by molar-refractivity contribution is -0.114. The molecule has 0 aliphatic carbocycles. The minimum Gasteiger partial charge on any atom is -0.497 e. The van der Waals surface area contributed by atoms with Crippen LogP contribution < -0.4 is 14.8 Å². The van der Waals surface area contributed by atoms with E-state index in [4.69, 9.17) is 14.2 Å². The molecule has 1 heterocycles. The zero-order chi connectivity index (χ0) is 25.5. The maximum Gasteiger partial charge on any atom is 0.257 e. The van der Waals surface area contributed by atoms with Gasteiger partial charge >= 0.3 is 0 Å². The molecule has 190 valence electrons. The number of hydrogen-bond donors (Lipinski definition) is 1. The van der Waals surface area contributed by atoms with Crippen molar-refractivity contribution in [2.75, 3.05) is 46.3 Å². The van der Waals surface area contributed by atoms with Crippen LogP contribution in [0.15, 0.2) is 42.5 Å². The zero-order valence-corrected chi connectivity index (χ0v) is 21.5. The number of methoxy groups -OCH3 is 2. The van der Waals surface area contributed by atoms with E-state index in [1.165, 1.54) is 12.5 Å². The predicted molar refractivity (Wildman–Crippen MR) is 136 cm³/mol. The second-order valence-electron chi connectivity index (χ2n) is 9.27. The first kappa shape index (κ1) is 26.5. The topological polar surface area (TPSA) is 80.3 Å². The quantitative estimate of drug-likeness (QED) is 0.699. The molecule has 1 aliphatic heterocycles. The van der Waals surface area contributed by atoms with Crippen LogP contribution in [0.1, 0.15) is 36.7 Å². The zero-order valence-electron chi connectivity index (χ0n) is 21.5. The third kappa shape index (κ3) is 6.96. The fourth-order valence-electron chi connectivity index (χ4n) is 4.32. The molecule has 0 fully saturated rings. The lowest BCUT2D eigenvalue weighted by Crippen LogP contribution is -2.46. The highest BCUT2D eigenvalue weighted by atomic mass is 16.5. The predicted octanol–water partition coefficient (Wildman–Crippen LogP) is 3.66. The Balaban J connectivity index is 1.92. The number of fused-ring (bicyclic) bond motifs is 1. The first-order valence-corrected chi connectivity index (χ1v) is 11.9. The van der Waals surface area contributed by atoms with Crippen molar-refractivity contribution in [1.82, 2.24) is 9.80 Å². The molecule has 0 radical (unpaired) electrons. The van der Waals surface area contributed by atoms with Crippen LogP contribution in [0.2, 0.25) is 0 Å². The van der Waals surface area contributed by atoms with Gasteiger partial charge in [0.2, 0.25) is 5.91 Å². The minimum atomic E-state index is -0.198. The van der Waals surface area contributed by atoms with E-state index < -0.39 is 0 Å². The molecule has 0 saturated carbocycles. The summed E-state index contributed by atoms with van der Waals surface area (Å²) >= 11 is 0. The Morgan fingerprint density at radius 2 is 1.83 bits per heavy atom. The number of carbonyl (C=O) groups is 2. The van der Waals surface area contributed by atoms with Gasteiger partial charge in [0.25, 0.3) is 5.91 Å². The third-order valence-electron chi connectivity index (χ3n) is 6.44. The van der Waals surface area contributed by atoms with Crippen molar-refractivity contribution < 1.29 is 23.8 Å². The highest BCUT2D eigenvalue weighted by molar-refractivity contribution is 5.99. The number of amides is 2. The van der Waals surface area contributed by atoms with Gasteiger partial charge in [0.1, 0.15) is 18.1 Å². The lowest BCUT2D eigenvalue weighted by Gasteiger charge is -2.36. The molecular weight excluding hydrogens is 446 g/mol. The van der Waals surface area contributed by atoms with Crippen LogP contribution in [0.25, 0.3) is 0 Å². The second kappa shape index (κ2) is 12.0. The fourth-order valence-corrected chi connectivity index (χ4v) is 4.32. The summed E-state index contributed by atoms with van der Waals surface area (Å²) in [5.41, 5.74) is 2.15. The molecule has 2 aromatic carbocycles. The summed E-state index contributed by atoms with van der Waals surface area (Å²) in [6, 6.07) is 13.3. The molecule has 3 rings (SSSR count). The summed E-state index contributed by atoms with van der Waals surface area (Å²) in [6.07, 6.45) is -0.142. The fraction of sp³-hybridized carbons (Fsp3) is 0.481. The van der Waals surface area contributed by atoms with Crippen molar-refractivity contribution >= 4 is 17.5 Å². The number of ether oxygens (including phenoxy) is 3. The van der Waals surface area contributed by atoms with Crippen LogP contribution in [0.4, 0.5) is 5.69 Å². The number of anilines is 1. The van der Waals surface area contributed by atoms with E-state index in [1.54, 1.807) is 44.4 Å². The number of benzene rings is 2. The number of hydrogen-bond acceptors (Lipinski definition) is 6. The Hall–Kier alpha value is -3.10. The van der Waals surface area contributed by atoms with Crippen molar-refractivity contribution in [3.8, 4) is 11.5 Å². The number of likely N-dealkylation sites (N-methyl/N-ethyl adjacent to an activating group) is 1. The minimum absolute atomic E-state index is 0.0761. The van der Waals surface area contributed by atoms with Crippen LogP contribution in [0, 0.1) is 5.92 Å². The molecule has 2 amide bonds. The smallest absolute Gasteiger partial charge is 0.257 e. The molecule has 1 aliphatic rings. The van der Waals surface area contributed by atoms with Gasteiger partial charge in [0, 0.05) is 52.4 Å². The van der Waals surface area contributed by atoms with Gasteiger partial charge in [-0.25, -0.2) is 0 Å². The van der Waals surface area contributed by atoms with Crippen LogP contribution in [0.5, 0.6) is 11.5 Å². The van der Waals surface area contributed by atoms with Gasteiger partial charge in [-0.1, -0.05) is 19.1 Å². The molecule has 0 bridgehead atoms. The van der Waals surface area contributed by atoms with Gasteiger partial charge in [0.15, 0.2) is 0 Å². The standard InChI is InChI=1S/C27H37N3O5/c1-18-14-30(15-21-7-10-23(33-5)11-8-21)19(2)17-35-25-12-9-22(28-20(3)31)13-24(25)27(32)29(4)16-26(18)34-6/h7-13,18-19,26H,14-17H2,1-6H3,(H,28,31)/t18-,19-,26-/m0/s1. The van der Waals surface area contributed by atoms with Crippen molar-refractivity contribution in [2.24, 2.45) is 5.92 Å². The Kier molecular flexibility index (Phi) is 9.12. The molecule has 8 nitrogen and oxygen atoms in total. The van der Waals surface area contributed by atoms with Gasteiger partial charge in [0.05, 0.1) is 18.8 Å². The summed E-state index contributed by atoms with van der Waals surface area (Å²) in [7, 11) is 5.12. The van der Waals surface area contributed by atoms with Gasteiger partial charge in [-0.3, -0.25) is 14.5 Å². The maximum absolute atomic E-state index is 13.4. The first-order valence-electron chi connectivity index (χ1n) is 11.9. The van der Waals surface area contributed by atoms with E-state index in [0.29, 0.717) is 30.2 Å². The molecule has 0 spiro atoms. The van der Waals surface area contributed by atoms with Crippen molar-refractivity contribution in [1.29, 1.82) is 0 Å². The van der Waals surface area contributed by atoms with E-state index in [1.807, 2.05) is 12.1 Å². The summed E-state index contributed by atoms with van der Waals surface area (Å²) < 4.78 is 17.3. The van der Waals surface area contributed by atoms with Gasteiger partial charge in [-0.15, -0.1) is 0 Å². The van der Waals surface area contributed by atoms with E-state index in [2.05, 4.69) is 36.2 Å². The molecule has 2 aromatic rings. The van der Waals surface area contributed by atoms with Crippen LogP contribution >= 0.6 is 0 Å². The van der Waals surface area contributed by atoms with Crippen LogP contribution in [-0.4, -0.2) is 74.7 Å². The van der Waals surface area contributed by atoms with E-state index in [-0.39, 0.29) is 29.9 Å². The normalized spacial score (nSPS) is 21.8. The van der Waals surface area contributed by atoms with E-state index >= 15 is 0 Å². The summed E-state index contributed by atoms with van der Waals surface area (Å²) in [4.78, 5) is 28.9. The second-order valence-corrected chi connectivity index (χ2v) is 9.27. The Labute approximate surface area is 208 Å². The lowest BCUT2D eigenvalue weighted by atomic mass is 10.0. The van der Waals surface area contributed by atoms with E-state index in [9.17, 15) is 9.59 Å². The molecule has 0 saturated heterocycles. The highest BCUT2D eigenvalue weighted by Crippen LogP contribution is 2.27. The molecule has 8 heteroatoms. The van der Waals surface area contributed by atoms with E-state index in [0.717, 1.165) is 18.8 Å². The Bertz CT molecular complexity index is 1010. The largest absolute Gasteiger partial charge is 0.497 e. The van der Waals surface area contributed by atoms with Crippen molar-refractivity contribution in [3.05, 3.63) is 53.6 Å². The average molecular weight is 484 g/mol. The van der Waals surface area contributed by atoms with Crippen molar-refractivity contribution in [3.63, 3.8) is 0 Å². The number of rotatable bonds is 5. The number of nitrogens with zero attached hydrogens (tertiary/aromatic N) is 2. The summed E-state index contributed by atoms with van der Waals surface area (Å²) in [5.74, 6) is 1.12. The van der Waals surface area contributed by atoms with Crippen LogP contribution in [-0.2, 0) is 16.1 Å². The first-order chi connectivity index (χ1) is 16.7. The molecular formula is C27H37N3O5.